The van der Waals surface area contributed by atoms with E-state index in [2.05, 4.69) is 26.5 Å². The van der Waals surface area contributed by atoms with E-state index in [0.717, 1.165) is 37.0 Å². The van der Waals surface area contributed by atoms with Crippen LogP contribution >= 0.6 is 11.3 Å². The molecule has 4 N–H and O–H groups in total. The number of thiazole rings is 1. The molecule has 0 unspecified atom stereocenters. The average molecular weight is 339 g/mol. The molecule has 1 saturated carbocycles. The minimum Gasteiger partial charge on any atom is -0.334 e. The Morgan fingerprint density at radius 3 is 2.48 bits per heavy atom. The molecule has 9 heteroatoms. The maximum Gasteiger partial charge on any atom is 0.333 e. The van der Waals surface area contributed by atoms with Crippen LogP contribution in [-0.4, -0.2) is 28.9 Å². The summed E-state index contributed by atoms with van der Waals surface area (Å²) < 4.78 is 0. The standard InChI is InChI=1S/C14H21N5O3S/c1-8-11(23-14(15-8)16-9(2)20)12(21)18-19-13(22)17-10-6-4-3-5-7-10/h10H,3-7H2,1-2H3,(H,18,21)(H,15,16,20)(H2,17,19,22). The van der Waals surface area contributed by atoms with Crippen LogP contribution < -0.4 is 21.5 Å². The SMILES string of the molecule is CC(=O)Nc1nc(C)c(C(=O)NNC(=O)NC2CCCCC2)s1. The van der Waals surface area contributed by atoms with Gasteiger partial charge in [-0.05, 0) is 19.8 Å². The van der Waals surface area contributed by atoms with Gasteiger partial charge in [0.05, 0.1) is 5.69 Å². The Hall–Kier alpha value is -2.16. The number of rotatable bonds is 3. The fourth-order valence-corrected chi connectivity index (χ4v) is 3.36. The number of anilines is 1. The molecular formula is C14H21N5O3S. The quantitative estimate of drug-likeness (QED) is 0.628. The molecule has 126 valence electrons. The van der Waals surface area contributed by atoms with Crippen molar-refractivity contribution in [1.29, 1.82) is 0 Å². The summed E-state index contributed by atoms with van der Waals surface area (Å²) in [6.45, 7) is 3.03. The van der Waals surface area contributed by atoms with Gasteiger partial charge < -0.3 is 10.6 Å². The lowest BCUT2D eigenvalue weighted by molar-refractivity contribution is -0.114. The van der Waals surface area contributed by atoms with Crippen LogP contribution in [0.2, 0.25) is 0 Å². The Kier molecular flexibility index (Phi) is 5.91. The Morgan fingerprint density at radius 1 is 1.13 bits per heavy atom. The number of hydrazine groups is 1. The molecule has 1 aromatic heterocycles. The van der Waals surface area contributed by atoms with Gasteiger partial charge >= 0.3 is 6.03 Å². The van der Waals surface area contributed by atoms with E-state index in [9.17, 15) is 14.4 Å². The van der Waals surface area contributed by atoms with Crippen LogP contribution in [0.4, 0.5) is 9.93 Å². The van der Waals surface area contributed by atoms with Crippen molar-refractivity contribution >= 4 is 34.3 Å². The van der Waals surface area contributed by atoms with Crippen LogP contribution in [0.1, 0.15) is 54.4 Å². The highest BCUT2D eigenvalue weighted by atomic mass is 32.1. The molecule has 0 aliphatic heterocycles. The number of amides is 4. The minimum atomic E-state index is -0.463. The van der Waals surface area contributed by atoms with E-state index < -0.39 is 11.9 Å². The van der Waals surface area contributed by atoms with Crippen LogP contribution in [0.15, 0.2) is 0 Å². The fourth-order valence-electron chi connectivity index (χ4n) is 2.45. The first-order valence-corrected chi connectivity index (χ1v) is 8.39. The Labute approximate surface area is 138 Å². The minimum absolute atomic E-state index is 0.164. The number of nitrogens with zero attached hydrogens (tertiary/aromatic N) is 1. The summed E-state index contributed by atoms with van der Waals surface area (Å²) in [4.78, 5) is 39.3. The van der Waals surface area contributed by atoms with Gasteiger partial charge in [-0.1, -0.05) is 30.6 Å². The summed E-state index contributed by atoms with van der Waals surface area (Å²) in [7, 11) is 0. The van der Waals surface area contributed by atoms with Crippen molar-refractivity contribution in [3.63, 3.8) is 0 Å². The van der Waals surface area contributed by atoms with Gasteiger partial charge in [-0.3, -0.25) is 15.0 Å². The summed E-state index contributed by atoms with van der Waals surface area (Å²) in [6.07, 6.45) is 5.37. The third-order valence-electron chi connectivity index (χ3n) is 3.52. The summed E-state index contributed by atoms with van der Waals surface area (Å²) in [5.74, 6) is -0.717. The zero-order valence-corrected chi connectivity index (χ0v) is 14.0. The molecule has 0 atom stereocenters. The van der Waals surface area contributed by atoms with E-state index >= 15 is 0 Å². The maximum atomic E-state index is 12.1. The second-order valence-electron chi connectivity index (χ2n) is 5.50. The largest absolute Gasteiger partial charge is 0.334 e. The first-order chi connectivity index (χ1) is 11.0. The van der Waals surface area contributed by atoms with E-state index in [1.54, 1.807) is 6.92 Å². The van der Waals surface area contributed by atoms with Crippen molar-refractivity contribution in [2.75, 3.05) is 5.32 Å². The second-order valence-corrected chi connectivity index (χ2v) is 6.50. The van der Waals surface area contributed by atoms with E-state index in [1.807, 2.05) is 0 Å². The number of carbonyl (C=O) groups is 3. The van der Waals surface area contributed by atoms with Gasteiger partial charge in [-0.25, -0.2) is 15.2 Å². The highest BCUT2D eigenvalue weighted by molar-refractivity contribution is 7.17. The number of nitrogens with one attached hydrogen (secondary N) is 4. The number of hydrogen-bond acceptors (Lipinski definition) is 5. The van der Waals surface area contributed by atoms with Crippen molar-refractivity contribution in [2.24, 2.45) is 0 Å². The Morgan fingerprint density at radius 2 is 1.83 bits per heavy atom. The van der Waals surface area contributed by atoms with Crippen molar-refractivity contribution in [2.45, 2.75) is 52.0 Å². The first-order valence-electron chi connectivity index (χ1n) is 7.57. The second kappa shape index (κ2) is 7.91. The van der Waals surface area contributed by atoms with Crippen molar-refractivity contribution in [3.05, 3.63) is 10.6 Å². The van der Waals surface area contributed by atoms with E-state index in [4.69, 9.17) is 0 Å². The third kappa shape index (κ3) is 5.20. The normalized spacial score (nSPS) is 14.9. The van der Waals surface area contributed by atoms with Gasteiger partial charge in [0.15, 0.2) is 5.13 Å². The zero-order valence-electron chi connectivity index (χ0n) is 13.2. The molecule has 8 nitrogen and oxygen atoms in total. The molecule has 0 bridgehead atoms. The summed E-state index contributed by atoms with van der Waals surface area (Å²) >= 11 is 1.06. The smallest absolute Gasteiger partial charge is 0.333 e. The average Bonchev–Trinajstić information content (AvgIpc) is 2.85. The number of aromatic nitrogens is 1. The zero-order chi connectivity index (χ0) is 16.8. The van der Waals surface area contributed by atoms with Crippen molar-refractivity contribution in [3.8, 4) is 0 Å². The number of hydrogen-bond donors (Lipinski definition) is 4. The lowest BCUT2D eigenvalue weighted by atomic mass is 9.96. The number of carbonyl (C=O) groups excluding carboxylic acids is 3. The molecule has 1 fully saturated rings. The van der Waals surface area contributed by atoms with Gasteiger partial charge in [0.2, 0.25) is 5.91 Å². The maximum absolute atomic E-state index is 12.1. The molecule has 0 saturated heterocycles. The highest BCUT2D eigenvalue weighted by Gasteiger charge is 2.18. The molecule has 1 aliphatic rings. The van der Waals surface area contributed by atoms with Crippen molar-refractivity contribution < 1.29 is 14.4 Å². The predicted octanol–water partition coefficient (Wildman–Crippen LogP) is 1.69. The van der Waals surface area contributed by atoms with Crippen LogP contribution in [0.3, 0.4) is 0 Å². The van der Waals surface area contributed by atoms with Gasteiger partial charge in [-0.15, -0.1) is 0 Å². The summed E-state index contributed by atoms with van der Waals surface area (Å²) in [5.41, 5.74) is 5.19. The molecular weight excluding hydrogens is 318 g/mol. The van der Waals surface area contributed by atoms with Gasteiger partial charge in [0.25, 0.3) is 5.91 Å². The van der Waals surface area contributed by atoms with Crippen LogP contribution in [0, 0.1) is 6.92 Å². The summed E-state index contributed by atoms with van der Waals surface area (Å²) in [6, 6.07) is -0.258. The molecule has 1 heterocycles. The number of aryl methyl sites for hydroxylation is 1. The molecule has 2 rings (SSSR count). The molecule has 0 spiro atoms. The van der Waals surface area contributed by atoms with Crippen molar-refractivity contribution in [1.82, 2.24) is 21.2 Å². The van der Waals surface area contributed by atoms with Gasteiger partial charge in [0, 0.05) is 13.0 Å². The fraction of sp³-hybridized carbons (Fsp3) is 0.571. The topological polar surface area (TPSA) is 112 Å². The van der Waals surface area contributed by atoms with E-state index in [1.165, 1.54) is 13.3 Å². The van der Waals surface area contributed by atoms with Crippen LogP contribution in [0.25, 0.3) is 0 Å². The molecule has 4 amide bonds. The molecule has 0 aromatic carbocycles. The first kappa shape index (κ1) is 17.2. The Balaban J connectivity index is 1.83. The van der Waals surface area contributed by atoms with Crippen LogP contribution in [0.5, 0.6) is 0 Å². The third-order valence-corrected chi connectivity index (χ3v) is 4.59. The van der Waals surface area contributed by atoms with E-state index in [0.29, 0.717) is 15.7 Å². The lowest BCUT2D eigenvalue weighted by Gasteiger charge is -2.22. The van der Waals surface area contributed by atoms with Crippen LogP contribution in [-0.2, 0) is 4.79 Å². The van der Waals surface area contributed by atoms with Gasteiger partial charge in [0.1, 0.15) is 4.88 Å². The molecule has 1 aromatic rings. The van der Waals surface area contributed by atoms with Gasteiger partial charge in [-0.2, -0.15) is 0 Å². The lowest BCUT2D eigenvalue weighted by Crippen LogP contribution is -2.50. The highest BCUT2D eigenvalue weighted by Crippen LogP contribution is 2.22. The predicted molar refractivity (Wildman–Crippen MR) is 87.2 cm³/mol. The van der Waals surface area contributed by atoms with E-state index in [-0.39, 0.29) is 11.9 Å². The Bertz CT molecular complexity index is 595. The number of urea groups is 1. The molecule has 1 aliphatic carbocycles. The monoisotopic (exact) mass is 339 g/mol. The molecule has 23 heavy (non-hydrogen) atoms. The summed E-state index contributed by atoms with van der Waals surface area (Å²) in [5, 5.41) is 5.72. The molecule has 0 radical (unpaired) electrons.